The summed E-state index contributed by atoms with van der Waals surface area (Å²) < 4.78 is 0. The number of aryl methyl sites for hydroxylation is 1. The Balaban J connectivity index is 1.70. The summed E-state index contributed by atoms with van der Waals surface area (Å²) in [5.41, 5.74) is 9.30. The van der Waals surface area contributed by atoms with Gasteiger partial charge in [-0.2, -0.15) is 0 Å². The van der Waals surface area contributed by atoms with Crippen LogP contribution in [0.3, 0.4) is 0 Å². The third-order valence-electron chi connectivity index (χ3n) is 3.78. The van der Waals surface area contributed by atoms with Gasteiger partial charge < -0.3 is 15.5 Å². The molecular formula is C16H20N4. The number of nitrogen functional groups attached to an aromatic ring is 1. The van der Waals surface area contributed by atoms with Crippen LogP contribution in [0.4, 0.5) is 17.2 Å². The number of nitrogens with zero attached hydrogens (tertiary/aromatic N) is 3. The molecule has 1 aromatic heterocycles. The van der Waals surface area contributed by atoms with E-state index < -0.39 is 0 Å². The van der Waals surface area contributed by atoms with E-state index in [9.17, 15) is 0 Å². The van der Waals surface area contributed by atoms with Crippen molar-refractivity contribution in [3.8, 4) is 0 Å². The monoisotopic (exact) mass is 268 g/mol. The summed E-state index contributed by atoms with van der Waals surface area (Å²) in [6, 6.07) is 12.3. The number of anilines is 3. The molecule has 1 aliphatic heterocycles. The Hall–Kier alpha value is -2.23. The van der Waals surface area contributed by atoms with Gasteiger partial charge in [-0.05, 0) is 36.8 Å². The lowest BCUT2D eigenvalue weighted by molar-refractivity contribution is 0.648. The van der Waals surface area contributed by atoms with Gasteiger partial charge >= 0.3 is 0 Å². The number of piperazine rings is 1. The minimum Gasteiger partial charge on any atom is -0.397 e. The van der Waals surface area contributed by atoms with E-state index in [-0.39, 0.29) is 0 Å². The topological polar surface area (TPSA) is 45.4 Å². The van der Waals surface area contributed by atoms with Crippen molar-refractivity contribution in [2.45, 2.75) is 6.92 Å². The highest BCUT2D eigenvalue weighted by Gasteiger charge is 2.19. The maximum atomic E-state index is 6.05. The second-order valence-electron chi connectivity index (χ2n) is 5.22. The summed E-state index contributed by atoms with van der Waals surface area (Å²) >= 11 is 0. The molecule has 4 heteroatoms. The summed E-state index contributed by atoms with van der Waals surface area (Å²) in [5.74, 6) is 1.07. The second kappa shape index (κ2) is 5.41. The van der Waals surface area contributed by atoms with E-state index in [1.54, 1.807) is 0 Å². The first-order valence-electron chi connectivity index (χ1n) is 7.01. The van der Waals surface area contributed by atoms with E-state index in [0.29, 0.717) is 0 Å². The Labute approximate surface area is 119 Å². The molecule has 2 aromatic rings. The molecule has 0 bridgehead atoms. The van der Waals surface area contributed by atoms with E-state index in [4.69, 9.17) is 5.73 Å². The third kappa shape index (κ3) is 2.54. The van der Waals surface area contributed by atoms with Crippen molar-refractivity contribution in [3.05, 3.63) is 48.2 Å². The van der Waals surface area contributed by atoms with E-state index in [2.05, 4.69) is 33.8 Å². The number of rotatable bonds is 2. The zero-order chi connectivity index (χ0) is 13.9. The van der Waals surface area contributed by atoms with Gasteiger partial charge in [0.1, 0.15) is 5.82 Å². The van der Waals surface area contributed by atoms with Gasteiger partial charge in [0.15, 0.2) is 0 Å². The lowest BCUT2D eigenvalue weighted by Gasteiger charge is -2.37. The Morgan fingerprint density at radius 3 is 2.40 bits per heavy atom. The highest BCUT2D eigenvalue weighted by Crippen LogP contribution is 2.24. The molecule has 104 valence electrons. The van der Waals surface area contributed by atoms with Crippen LogP contribution in [-0.4, -0.2) is 31.2 Å². The molecule has 1 fully saturated rings. The van der Waals surface area contributed by atoms with Crippen LogP contribution >= 0.6 is 0 Å². The molecule has 1 aliphatic rings. The molecule has 0 radical (unpaired) electrons. The van der Waals surface area contributed by atoms with Crippen LogP contribution in [0.25, 0.3) is 0 Å². The van der Waals surface area contributed by atoms with Crippen LogP contribution in [0.15, 0.2) is 42.6 Å². The van der Waals surface area contributed by atoms with Crippen molar-refractivity contribution in [2.75, 3.05) is 41.7 Å². The predicted octanol–water partition coefficient (Wildman–Crippen LogP) is 2.30. The smallest absolute Gasteiger partial charge is 0.128 e. The summed E-state index contributed by atoms with van der Waals surface area (Å²) in [6.45, 7) is 6.01. The van der Waals surface area contributed by atoms with Gasteiger partial charge in [-0.3, -0.25) is 0 Å². The zero-order valence-electron chi connectivity index (χ0n) is 11.8. The lowest BCUT2D eigenvalue weighted by atomic mass is 10.2. The van der Waals surface area contributed by atoms with Crippen molar-refractivity contribution in [1.82, 2.24) is 4.98 Å². The van der Waals surface area contributed by atoms with Gasteiger partial charge in [0.25, 0.3) is 0 Å². The minimum absolute atomic E-state index is 0.856. The summed E-state index contributed by atoms with van der Waals surface area (Å²) in [7, 11) is 0. The molecule has 1 saturated heterocycles. The molecule has 20 heavy (non-hydrogen) atoms. The Morgan fingerprint density at radius 1 is 1.00 bits per heavy atom. The molecule has 3 rings (SSSR count). The van der Waals surface area contributed by atoms with Crippen LogP contribution in [0.5, 0.6) is 0 Å². The van der Waals surface area contributed by atoms with Crippen LogP contribution in [-0.2, 0) is 0 Å². The molecule has 0 amide bonds. The summed E-state index contributed by atoms with van der Waals surface area (Å²) in [4.78, 5) is 9.15. The molecule has 1 aromatic carbocycles. The Kier molecular flexibility index (Phi) is 3.46. The molecule has 0 atom stereocenters. The van der Waals surface area contributed by atoms with Gasteiger partial charge in [0.05, 0.1) is 11.4 Å². The van der Waals surface area contributed by atoms with E-state index in [1.165, 1.54) is 5.56 Å². The number of benzene rings is 1. The zero-order valence-corrected chi connectivity index (χ0v) is 11.8. The maximum Gasteiger partial charge on any atom is 0.128 e. The molecule has 2 N–H and O–H groups in total. The van der Waals surface area contributed by atoms with Crippen LogP contribution in [0.1, 0.15) is 5.56 Å². The fourth-order valence-corrected chi connectivity index (χ4v) is 2.65. The van der Waals surface area contributed by atoms with Crippen LogP contribution < -0.4 is 15.5 Å². The van der Waals surface area contributed by atoms with Gasteiger partial charge in [-0.1, -0.05) is 12.1 Å². The van der Waals surface area contributed by atoms with Gasteiger partial charge in [0, 0.05) is 32.4 Å². The molecular weight excluding hydrogens is 248 g/mol. The van der Waals surface area contributed by atoms with Crippen molar-refractivity contribution < 1.29 is 0 Å². The van der Waals surface area contributed by atoms with Gasteiger partial charge in [0.2, 0.25) is 0 Å². The summed E-state index contributed by atoms with van der Waals surface area (Å²) in [6.07, 6.45) is 1.88. The van der Waals surface area contributed by atoms with E-state index >= 15 is 0 Å². The van der Waals surface area contributed by atoms with Crippen molar-refractivity contribution in [1.29, 1.82) is 0 Å². The maximum absolute atomic E-state index is 6.05. The number of para-hydroxylation sites is 2. The van der Waals surface area contributed by atoms with E-state index in [0.717, 1.165) is 43.4 Å². The average molecular weight is 268 g/mol. The first-order valence-corrected chi connectivity index (χ1v) is 7.01. The van der Waals surface area contributed by atoms with Crippen molar-refractivity contribution >= 4 is 17.2 Å². The average Bonchev–Trinajstić information content (AvgIpc) is 2.48. The van der Waals surface area contributed by atoms with Gasteiger partial charge in [-0.25, -0.2) is 4.98 Å². The number of aromatic nitrogens is 1. The van der Waals surface area contributed by atoms with Crippen molar-refractivity contribution in [2.24, 2.45) is 0 Å². The standard InChI is InChI=1S/C16H20N4/c1-13-6-7-18-16(12-13)20-10-8-19(9-11-20)15-5-3-2-4-14(15)17/h2-7,12H,8-11,17H2,1H3. The first kappa shape index (κ1) is 12.8. The highest BCUT2D eigenvalue weighted by atomic mass is 15.3. The Bertz CT molecular complexity index is 589. The number of hydrogen-bond acceptors (Lipinski definition) is 4. The number of pyridine rings is 1. The van der Waals surface area contributed by atoms with E-state index in [1.807, 2.05) is 30.5 Å². The third-order valence-corrected chi connectivity index (χ3v) is 3.78. The second-order valence-corrected chi connectivity index (χ2v) is 5.22. The normalized spacial score (nSPS) is 15.4. The predicted molar refractivity (Wildman–Crippen MR) is 84.3 cm³/mol. The fourth-order valence-electron chi connectivity index (χ4n) is 2.65. The molecule has 0 aliphatic carbocycles. The summed E-state index contributed by atoms with van der Waals surface area (Å²) in [5, 5.41) is 0. The SMILES string of the molecule is Cc1ccnc(N2CCN(c3ccccc3N)CC2)c1. The highest BCUT2D eigenvalue weighted by molar-refractivity contribution is 5.67. The lowest BCUT2D eigenvalue weighted by Crippen LogP contribution is -2.47. The number of hydrogen-bond donors (Lipinski definition) is 1. The minimum atomic E-state index is 0.856. The number of nitrogens with two attached hydrogens (primary N) is 1. The van der Waals surface area contributed by atoms with Crippen LogP contribution in [0, 0.1) is 6.92 Å². The molecule has 0 unspecified atom stereocenters. The Morgan fingerprint density at radius 2 is 1.70 bits per heavy atom. The largest absolute Gasteiger partial charge is 0.397 e. The molecule has 0 saturated carbocycles. The fraction of sp³-hybridized carbons (Fsp3) is 0.312. The van der Waals surface area contributed by atoms with Gasteiger partial charge in [-0.15, -0.1) is 0 Å². The van der Waals surface area contributed by atoms with Crippen molar-refractivity contribution in [3.63, 3.8) is 0 Å². The molecule has 2 heterocycles. The quantitative estimate of drug-likeness (QED) is 0.849. The van der Waals surface area contributed by atoms with Crippen LogP contribution in [0.2, 0.25) is 0 Å². The molecule has 0 spiro atoms. The molecule has 4 nitrogen and oxygen atoms in total. The first-order chi connectivity index (χ1) is 9.74.